The van der Waals surface area contributed by atoms with Crippen LogP contribution in [0.15, 0.2) is 18.2 Å². The minimum Gasteiger partial charge on any atom is -0.350 e. The average Bonchev–Trinajstić information content (AvgIpc) is 2.30. The topological polar surface area (TPSA) is 55.1 Å². The van der Waals surface area contributed by atoms with E-state index in [-0.39, 0.29) is 18.2 Å². The molecule has 0 saturated carbocycles. The highest BCUT2D eigenvalue weighted by Crippen LogP contribution is 2.10. The number of carbonyl (C=O) groups is 1. The molecule has 0 saturated heterocycles. The molecule has 1 atom stereocenters. The molecule has 0 aromatic heterocycles. The lowest BCUT2D eigenvalue weighted by atomic mass is 10.1. The maximum absolute atomic E-state index is 13.3. The predicted molar refractivity (Wildman–Crippen MR) is 61.6 cm³/mol. The van der Waals surface area contributed by atoms with Crippen LogP contribution in [0.25, 0.3) is 0 Å². The lowest BCUT2D eigenvalue weighted by Gasteiger charge is -2.11. The molecule has 0 radical (unpaired) electrons. The highest BCUT2D eigenvalue weighted by atomic mass is 19.2. The van der Waals surface area contributed by atoms with E-state index >= 15 is 0 Å². The van der Waals surface area contributed by atoms with Gasteiger partial charge in [-0.3, -0.25) is 4.79 Å². The van der Waals surface area contributed by atoms with Gasteiger partial charge in [-0.25, -0.2) is 8.78 Å². The number of hydrogen-bond donors (Lipinski definition) is 2. The van der Waals surface area contributed by atoms with Gasteiger partial charge in [0.15, 0.2) is 11.6 Å². The van der Waals surface area contributed by atoms with Gasteiger partial charge >= 0.3 is 0 Å². The third kappa shape index (κ3) is 3.78. The first-order valence-corrected chi connectivity index (χ1v) is 5.54. The van der Waals surface area contributed by atoms with Crippen LogP contribution in [0.4, 0.5) is 8.78 Å². The van der Waals surface area contributed by atoms with Gasteiger partial charge in [-0.1, -0.05) is 19.4 Å². The molecule has 0 aliphatic heterocycles. The van der Waals surface area contributed by atoms with Crippen LogP contribution in [0, 0.1) is 11.6 Å². The molecule has 0 fully saturated rings. The quantitative estimate of drug-likeness (QED) is 0.827. The van der Waals surface area contributed by atoms with E-state index in [1.807, 2.05) is 6.92 Å². The summed E-state index contributed by atoms with van der Waals surface area (Å²) in [5.41, 5.74) is 5.40. The van der Waals surface area contributed by atoms with E-state index < -0.39 is 17.5 Å². The van der Waals surface area contributed by atoms with Crippen molar-refractivity contribution in [3.05, 3.63) is 35.4 Å². The van der Waals surface area contributed by atoms with Gasteiger partial charge in [0.2, 0.25) is 0 Å². The van der Waals surface area contributed by atoms with Gasteiger partial charge in [-0.05, 0) is 18.6 Å². The van der Waals surface area contributed by atoms with Crippen LogP contribution in [0.2, 0.25) is 0 Å². The number of amides is 1. The first-order chi connectivity index (χ1) is 8.06. The summed E-state index contributed by atoms with van der Waals surface area (Å²) in [6.45, 7) is 2.23. The van der Waals surface area contributed by atoms with Crippen molar-refractivity contribution in [2.45, 2.75) is 25.8 Å². The zero-order chi connectivity index (χ0) is 12.8. The number of nitrogens with one attached hydrogen (secondary N) is 1. The van der Waals surface area contributed by atoms with Crippen molar-refractivity contribution in [3.8, 4) is 0 Å². The van der Waals surface area contributed by atoms with Crippen LogP contribution in [0.5, 0.6) is 0 Å². The maximum Gasteiger partial charge on any atom is 0.254 e. The van der Waals surface area contributed by atoms with Crippen molar-refractivity contribution in [1.29, 1.82) is 0 Å². The summed E-state index contributed by atoms with van der Waals surface area (Å²) in [6, 6.07) is 3.33. The molecule has 3 nitrogen and oxygen atoms in total. The molecule has 0 spiro atoms. The third-order valence-corrected chi connectivity index (χ3v) is 2.38. The summed E-state index contributed by atoms with van der Waals surface area (Å²) in [6.07, 6.45) is 1.68. The SMILES string of the molecule is CCCC(N)CNC(=O)c1cccc(F)c1F. The van der Waals surface area contributed by atoms with Crippen molar-refractivity contribution in [3.63, 3.8) is 0 Å². The molecule has 1 aromatic carbocycles. The summed E-state index contributed by atoms with van der Waals surface area (Å²) in [5.74, 6) is -2.81. The Kier molecular flexibility index (Phi) is 5.03. The molecule has 94 valence electrons. The van der Waals surface area contributed by atoms with Crippen LogP contribution < -0.4 is 11.1 Å². The first-order valence-electron chi connectivity index (χ1n) is 5.54. The molecular formula is C12H16F2N2O. The third-order valence-electron chi connectivity index (χ3n) is 2.38. The lowest BCUT2D eigenvalue weighted by molar-refractivity contribution is 0.0945. The fraction of sp³-hybridized carbons (Fsp3) is 0.417. The van der Waals surface area contributed by atoms with Gasteiger partial charge in [0, 0.05) is 12.6 Å². The van der Waals surface area contributed by atoms with E-state index in [2.05, 4.69) is 5.32 Å². The van der Waals surface area contributed by atoms with Gasteiger partial charge in [0.05, 0.1) is 5.56 Å². The molecule has 3 N–H and O–H groups in total. The van der Waals surface area contributed by atoms with Crippen LogP contribution in [0.1, 0.15) is 30.1 Å². The molecule has 1 unspecified atom stereocenters. The molecule has 1 amide bonds. The summed E-state index contributed by atoms with van der Waals surface area (Å²) in [4.78, 5) is 11.6. The second kappa shape index (κ2) is 6.30. The van der Waals surface area contributed by atoms with Gasteiger partial charge in [0.1, 0.15) is 0 Å². The van der Waals surface area contributed by atoms with E-state index in [0.29, 0.717) is 0 Å². The van der Waals surface area contributed by atoms with Gasteiger partial charge in [-0.2, -0.15) is 0 Å². The van der Waals surface area contributed by atoms with E-state index in [1.54, 1.807) is 0 Å². The maximum atomic E-state index is 13.3. The van der Waals surface area contributed by atoms with E-state index in [9.17, 15) is 13.6 Å². The molecule has 1 rings (SSSR count). The Labute approximate surface area is 99.0 Å². The van der Waals surface area contributed by atoms with Crippen molar-refractivity contribution in [2.24, 2.45) is 5.73 Å². The number of carbonyl (C=O) groups excluding carboxylic acids is 1. The minimum absolute atomic E-state index is 0.166. The summed E-state index contributed by atoms with van der Waals surface area (Å²) in [7, 11) is 0. The normalized spacial score (nSPS) is 12.2. The number of halogens is 2. The second-order valence-corrected chi connectivity index (χ2v) is 3.86. The Hall–Kier alpha value is -1.49. The second-order valence-electron chi connectivity index (χ2n) is 3.86. The van der Waals surface area contributed by atoms with Gasteiger partial charge in [-0.15, -0.1) is 0 Å². The Morgan fingerprint density at radius 3 is 2.82 bits per heavy atom. The monoisotopic (exact) mass is 242 g/mol. The zero-order valence-electron chi connectivity index (χ0n) is 9.67. The number of benzene rings is 1. The minimum atomic E-state index is -1.13. The van der Waals surface area contributed by atoms with Crippen LogP contribution in [0.3, 0.4) is 0 Å². The number of rotatable bonds is 5. The molecule has 0 aliphatic carbocycles. The molecule has 0 heterocycles. The van der Waals surface area contributed by atoms with Crippen LogP contribution in [-0.2, 0) is 0 Å². The first kappa shape index (κ1) is 13.6. The molecule has 5 heteroatoms. The van der Waals surface area contributed by atoms with Crippen molar-refractivity contribution < 1.29 is 13.6 Å². The Morgan fingerprint density at radius 1 is 1.47 bits per heavy atom. The molecule has 0 aliphatic rings. The summed E-state index contributed by atoms with van der Waals surface area (Å²) in [5, 5.41) is 2.48. The van der Waals surface area contributed by atoms with Crippen LogP contribution in [-0.4, -0.2) is 18.5 Å². The molecule has 17 heavy (non-hydrogen) atoms. The standard InChI is InChI=1S/C12H16F2N2O/c1-2-4-8(15)7-16-12(17)9-5-3-6-10(13)11(9)14/h3,5-6,8H,2,4,7,15H2,1H3,(H,16,17). The largest absolute Gasteiger partial charge is 0.350 e. The fourth-order valence-electron chi connectivity index (χ4n) is 1.47. The summed E-state index contributed by atoms with van der Waals surface area (Å²) < 4.78 is 26.1. The highest BCUT2D eigenvalue weighted by molar-refractivity contribution is 5.94. The van der Waals surface area contributed by atoms with Crippen LogP contribution >= 0.6 is 0 Å². The number of hydrogen-bond acceptors (Lipinski definition) is 2. The smallest absolute Gasteiger partial charge is 0.254 e. The molecule has 0 bridgehead atoms. The van der Waals surface area contributed by atoms with Gasteiger partial charge < -0.3 is 11.1 Å². The Bertz CT molecular complexity index is 396. The average molecular weight is 242 g/mol. The van der Waals surface area contributed by atoms with E-state index in [4.69, 9.17) is 5.73 Å². The van der Waals surface area contributed by atoms with Crippen molar-refractivity contribution >= 4 is 5.91 Å². The Morgan fingerprint density at radius 2 is 2.18 bits per heavy atom. The van der Waals surface area contributed by atoms with Crippen molar-refractivity contribution in [2.75, 3.05) is 6.54 Å². The lowest BCUT2D eigenvalue weighted by Crippen LogP contribution is -2.37. The number of nitrogens with two attached hydrogens (primary N) is 1. The predicted octanol–water partition coefficient (Wildman–Crippen LogP) is 1.82. The van der Waals surface area contributed by atoms with Gasteiger partial charge in [0.25, 0.3) is 5.91 Å². The van der Waals surface area contributed by atoms with Crippen molar-refractivity contribution in [1.82, 2.24) is 5.32 Å². The highest BCUT2D eigenvalue weighted by Gasteiger charge is 2.15. The molecular weight excluding hydrogens is 226 g/mol. The Balaban J connectivity index is 2.61. The fourth-order valence-corrected chi connectivity index (χ4v) is 1.47. The van der Waals surface area contributed by atoms with E-state index in [0.717, 1.165) is 18.9 Å². The zero-order valence-corrected chi connectivity index (χ0v) is 9.67. The summed E-state index contributed by atoms with van der Waals surface area (Å²) >= 11 is 0. The molecule has 1 aromatic rings. The van der Waals surface area contributed by atoms with E-state index in [1.165, 1.54) is 12.1 Å².